The lowest BCUT2D eigenvalue weighted by Gasteiger charge is -2.36. The molecule has 0 spiro atoms. The molecule has 1 saturated heterocycles. The third-order valence-corrected chi connectivity index (χ3v) is 4.46. The van der Waals surface area contributed by atoms with Crippen molar-refractivity contribution in [1.29, 1.82) is 0 Å². The first kappa shape index (κ1) is 17.1. The van der Waals surface area contributed by atoms with Crippen LogP contribution in [0.2, 0.25) is 0 Å². The molecular formula is C13H25N3O3S. The van der Waals surface area contributed by atoms with E-state index in [-0.39, 0.29) is 6.03 Å². The summed E-state index contributed by atoms with van der Waals surface area (Å²) in [6, 6.07) is -0.526. The summed E-state index contributed by atoms with van der Waals surface area (Å²) in [5.74, 6) is 0.681. The van der Waals surface area contributed by atoms with Gasteiger partial charge < -0.3 is 15.3 Å². The number of thioether (sulfide) groups is 1. The lowest BCUT2D eigenvalue weighted by atomic mass is 10.2. The molecule has 7 heteroatoms. The quantitative estimate of drug-likeness (QED) is 0.759. The third-order valence-electron chi connectivity index (χ3n) is 3.56. The molecule has 0 aromatic carbocycles. The molecular weight excluding hydrogens is 278 g/mol. The highest BCUT2D eigenvalue weighted by atomic mass is 32.2. The van der Waals surface area contributed by atoms with Crippen LogP contribution in [0.3, 0.4) is 0 Å². The van der Waals surface area contributed by atoms with Gasteiger partial charge in [-0.25, -0.2) is 4.79 Å². The smallest absolute Gasteiger partial charge is 0.320 e. The van der Waals surface area contributed by atoms with Gasteiger partial charge in [0.1, 0.15) is 6.04 Å². The maximum absolute atomic E-state index is 12.0. The molecule has 2 unspecified atom stereocenters. The normalized spacial score (nSPS) is 19.4. The van der Waals surface area contributed by atoms with E-state index in [4.69, 9.17) is 5.11 Å². The van der Waals surface area contributed by atoms with Gasteiger partial charge in [0.15, 0.2) is 0 Å². The largest absolute Gasteiger partial charge is 0.480 e. The van der Waals surface area contributed by atoms with Crippen LogP contribution in [0.25, 0.3) is 0 Å². The number of nitrogens with one attached hydrogen (secondary N) is 1. The van der Waals surface area contributed by atoms with E-state index in [0.717, 1.165) is 5.75 Å². The Kier molecular flexibility index (Phi) is 7.15. The number of aliphatic carboxylic acids is 1. The molecule has 0 radical (unpaired) electrons. The van der Waals surface area contributed by atoms with E-state index in [0.29, 0.717) is 38.6 Å². The fourth-order valence-electron chi connectivity index (χ4n) is 2.19. The van der Waals surface area contributed by atoms with Crippen LogP contribution >= 0.6 is 11.8 Å². The predicted octanol–water partition coefficient (Wildman–Crippen LogP) is 0.786. The van der Waals surface area contributed by atoms with Gasteiger partial charge in [0, 0.05) is 32.7 Å². The van der Waals surface area contributed by atoms with Gasteiger partial charge in [-0.1, -0.05) is 6.92 Å². The number of hydrogen-bond donors (Lipinski definition) is 2. The van der Waals surface area contributed by atoms with Crippen molar-refractivity contribution in [2.75, 3.05) is 44.7 Å². The molecule has 1 heterocycles. The fourth-order valence-corrected chi connectivity index (χ4v) is 2.87. The van der Waals surface area contributed by atoms with Crippen LogP contribution in [-0.2, 0) is 4.79 Å². The molecule has 1 fully saturated rings. The predicted molar refractivity (Wildman–Crippen MR) is 81.2 cm³/mol. The molecule has 2 atom stereocenters. The molecule has 2 N–H and O–H groups in total. The van der Waals surface area contributed by atoms with Crippen molar-refractivity contribution >= 4 is 23.8 Å². The Labute approximate surface area is 124 Å². The highest BCUT2D eigenvalue weighted by Crippen LogP contribution is 2.07. The molecule has 0 aromatic heterocycles. The fraction of sp³-hybridized carbons (Fsp3) is 0.846. The van der Waals surface area contributed by atoms with E-state index in [1.165, 1.54) is 0 Å². The Balaban J connectivity index is 2.30. The summed E-state index contributed by atoms with van der Waals surface area (Å²) in [6.45, 7) is 6.88. The lowest BCUT2D eigenvalue weighted by molar-refractivity contribution is -0.143. The molecule has 1 rings (SSSR count). The zero-order chi connectivity index (χ0) is 15.1. The molecule has 6 nitrogen and oxygen atoms in total. The molecule has 0 aliphatic carbocycles. The second-order valence-electron chi connectivity index (χ2n) is 5.28. The summed E-state index contributed by atoms with van der Waals surface area (Å²) < 4.78 is 0. The van der Waals surface area contributed by atoms with Gasteiger partial charge in [0.25, 0.3) is 0 Å². The average molecular weight is 303 g/mol. The number of urea groups is 1. The van der Waals surface area contributed by atoms with Crippen LogP contribution in [0.15, 0.2) is 0 Å². The maximum atomic E-state index is 12.0. The SMILES string of the molecule is CSCC(C)CNC(=O)N1CCN(C(C)C(=O)O)CC1. The molecule has 1 aliphatic heterocycles. The number of hydrogen-bond acceptors (Lipinski definition) is 4. The second-order valence-corrected chi connectivity index (χ2v) is 6.19. The summed E-state index contributed by atoms with van der Waals surface area (Å²) in [5.41, 5.74) is 0. The van der Waals surface area contributed by atoms with E-state index in [2.05, 4.69) is 18.5 Å². The number of carbonyl (C=O) groups excluding carboxylic acids is 1. The number of rotatable bonds is 6. The first-order valence-corrected chi connectivity index (χ1v) is 8.33. The van der Waals surface area contributed by atoms with Crippen molar-refractivity contribution in [2.24, 2.45) is 5.92 Å². The Morgan fingerprint density at radius 2 is 1.85 bits per heavy atom. The number of carbonyl (C=O) groups is 2. The average Bonchev–Trinajstić information content (AvgIpc) is 2.44. The number of carboxylic acids is 1. The van der Waals surface area contributed by atoms with Gasteiger partial charge in [-0.2, -0.15) is 11.8 Å². The summed E-state index contributed by atoms with van der Waals surface area (Å²) in [7, 11) is 0. The molecule has 20 heavy (non-hydrogen) atoms. The van der Waals surface area contributed by atoms with Gasteiger partial charge in [-0.05, 0) is 24.9 Å². The summed E-state index contributed by atoms with van der Waals surface area (Å²) in [4.78, 5) is 26.6. The van der Waals surface area contributed by atoms with Crippen molar-refractivity contribution in [3.8, 4) is 0 Å². The molecule has 0 bridgehead atoms. The first-order valence-electron chi connectivity index (χ1n) is 6.94. The topological polar surface area (TPSA) is 72.9 Å². The van der Waals surface area contributed by atoms with E-state index < -0.39 is 12.0 Å². The summed E-state index contributed by atoms with van der Waals surface area (Å²) in [5, 5.41) is 11.9. The first-order chi connectivity index (χ1) is 9.45. The van der Waals surface area contributed by atoms with Gasteiger partial charge in [-0.3, -0.25) is 9.69 Å². The molecule has 116 valence electrons. The molecule has 0 saturated carbocycles. The Hall–Kier alpha value is -0.950. The van der Waals surface area contributed by atoms with Crippen LogP contribution in [0.4, 0.5) is 4.79 Å². The standard InChI is InChI=1S/C13H25N3O3S/c1-10(9-20-3)8-14-13(19)16-6-4-15(5-7-16)11(2)12(17)18/h10-11H,4-9H2,1-3H3,(H,14,19)(H,17,18). The number of carboxylic acid groups (broad SMARTS) is 1. The highest BCUT2D eigenvalue weighted by molar-refractivity contribution is 7.98. The van der Waals surface area contributed by atoms with Crippen molar-refractivity contribution < 1.29 is 14.7 Å². The minimum absolute atomic E-state index is 0.0411. The Morgan fingerprint density at radius 1 is 1.25 bits per heavy atom. The summed E-state index contributed by atoms with van der Waals surface area (Å²) >= 11 is 1.78. The van der Waals surface area contributed by atoms with Crippen molar-refractivity contribution in [2.45, 2.75) is 19.9 Å². The lowest BCUT2D eigenvalue weighted by Crippen LogP contribution is -2.55. The minimum Gasteiger partial charge on any atom is -0.480 e. The van der Waals surface area contributed by atoms with Crippen LogP contribution < -0.4 is 5.32 Å². The van der Waals surface area contributed by atoms with Gasteiger partial charge in [-0.15, -0.1) is 0 Å². The highest BCUT2D eigenvalue weighted by Gasteiger charge is 2.27. The molecule has 0 aromatic rings. The van der Waals surface area contributed by atoms with Gasteiger partial charge in [0.2, 0.25) is 0 Å². The van der Waals surface area contributed by atoms with Gasteiger partial charge >= 0.3 is 12.0 Å². The van der Waals surface area contributed by atoms with Crippen LogP contribution in [0.1, 0.15) is 13.8 Å². The van der Waals surface area contributed by atoms with E-state index >= 15 is 0 Å². The Morgan fingerprint density at radius 3 is 2.35 bits per heavy atom. The number of amides is 2. The van der Waals surface area contributed by atoms with Crippen LogP contribution in [-0.4, -0.2) is 77.7 Å². The zero-order valence-electron chi connectivity index (χ0n) is 12.5. The summed E-state index contributed by atoms with van der Waals surface area (Å²) in [6.07, 6.45) is 2.06. The number of nitrogens with zero attached hydrogens (tertiary/aromatic N) is 2. The van der Waals surface area contributed by atoms with E-state index in [1.807, 2.05) is 4.90 Å². The third kappa shape index (κ3) is 5.20. The van der Waals surface area contributed by atoms with Crippen molar-refractivity contribution in [3.63, 3.8) is 0 Å². The maximum Gasteiger partial charge on any atom is 0.320 e. The monoisotopic (exact) mass is 303 g/mol. The molecule has 1 aliphatic rings. The van der Waals surface area contributed by atoms with E-state index in [1.54, 1.807) is 23.6 Å². The zero-order valence-corrected chi connectivity index (χ0v) is 13.3. The molecule has 2 amide bonds. The number of piperazine rings is 1. The minimum atomic E-state index is -0.811. The van der Waals surface area contributed by atoms with Crippen molar-refractivity contribution in [3.05, 3.63) is 0 Å². The van der Waals surface area contributed by atoms with Crippen molar-refractivity contribution in [1.82, 2.24) is 15.1 Å². The van der Waals surface area contributed by atoms with Gasteiger partial charge in [0.05, 0.1) is 0 Å². The van der Waals surface area contributed by atoms with Crippen LogP contribution in [0, 0.1) is 5.92 Å². The van der Waals surface area contributed by atoms with Crippen LogP contribution in [0.5, 0.6) is 0 Å². The van der Waals surface area contributed by atoms with E-state index in [9.17, 15) is 9.59 Å². The Bertz CT molecular complexity index is 333. The second kappa shape index (κ2) is 8.36.